The number of hydrogen-bond donors (Lipinski definition) is 0. The molecule has 0 bridgehead atoms. The van der Waals surface area contributed by atoms with Gasteiger partial charge in [-0.05, 0) is 97.8 Å². The molecule has 4 amide bonds. The summed E-state index contributed by atoms with van der Waals surface area (Å²) < 4.78 is 55.6. The third-order valence-electron chi connectivity index (χ3n) is 8.00. The summed E-state index contributed by atoms with van der Waals surface area (Å²) in [4.78, 5) is 50.2. The summed E-state index contributed by atoms with van der Waals surface area (Å²) in [5.41, 5.74) is -1.31. The van der Waals surface area contributed by atoms with Crippen LogP contribution < -0.4 is 19.3 Å². The third-order valence-corrected chi connectivity index (χ3v) is 8.00. The number of benzene rings is 4. The van der Waals surface area contributed by atoms with Gasteiger partial charge in [0.1, 0.15) is 28.4 Å². The highest BCUT2D eigenvalue weighted by molar-refractivity contribution is 6.30. The average Bonchev–Trinajstić information content (AvgIpc) is 3.52. The predicted octanol–water partition coefficient (Wildman–Crippen LogP) is 7.39. The molecular formula is C36H25F3N2O6. The Kier molecular flexibility index (Phi) is 7.76. The molecule has 4 aromatic rings. The Morgan fingerprint density at radius 2 is 0.894 bits per heavy atom. The fourth-order valence-electron chi connectivity index (χ4n) is 5.29. The number of carbonyl (C=O) groups is 4. The number of imide groups is 2. The highest BCUT2D eigenvalue weighted by Crippen LogP contribution is 2.47. The van der Waals surface area contributed by atoms with Crippen LogP contribution in [0, 0.1) is 0 Å². The SMILES string of the molecule is CC1=CC(=O)N(c2ccc(Oc3ccc(C(C)(c4ccc(Oc5ccc(N6C(=O)C=CC6=O)cc5)cc4)C(F)(F)F)cc3)cc2)C1=O. The maximum absolute atomic E-state index is 14.7. The van der Waals surface area contributed by atoms with Gasteiger partial charge in [0.05, 0.1) is 11.4 Å². The number of hydrogen-bond acceptors (Lipinski definition) is 6. The second-order valence-electron chi connectivity index (χ2n) is 11.0. The molecule has 2 aliphatic rings. The minimum absolute atomic E-state index is 0.00798. The van der Waals surface area contributed by atoms with Crippen molar-refractivity contribution in [3.63, 3.8) is 0 Å². The molecular weight excluding hydrogens is 613 g/mol. The van der Waals surface area contributed by atoms with Crippen molar-refractivity contribution in [2.75, 3.05) is 9.80 Å². The van der Waals surface area contributed by atoms with Crippen LogP contribution in [-0.4, -0.2) is 29.8 Å². The minimum atomic E-state index is -4.65. The molecule has 0 aromatic heterocycles. The number of alkyl halides is 3. The van der Waals surface area contributed by atoms with Crippen LogP contribution in [0.4, 0.5) is 24.5 Å². The summed E-state index contributed by atoms with van der Waals surface area (Å²) in [6.45, 7) is 2.66. The van der Waals surface area contributed by atoms with E-state index in [4.69, 9.17) is 9.47 Å². The summed E-state index contributed by atoms with van der Waals surface area (Å²) in [6, 6.07) is 23.5. The molecule has 2 heterocycles. The molecule has 11 heteroatoms. The average molecular weight is 639 g/mol. The van der Waals surface area contributed by atoms with Crippen LogP contribution >= 0.6 is 0 Å². The van der Waals surface area contributed by atoms with E-state index in [-0.39, 0.29) is 11.1 Å². The molecule has 0 saturated heterocycles. The van der Waals surface area contributed by atoms with Gasteiger partial charge in [0.25, 0.3) is 23.6 Å². The van der Waals surface area contributed by atoms with Gasteiger partial charge in [0.2, 0.25) is 0 Å². The number of ether oxygens (including phenoxy) is 2. The van der Waals surface area contributed by atoms with Crippen LogP contribution in [0.2, 0.25) is 0 Å². The Morgan fingerprint density at radius 1 is 0.532 bits per heavy atom. The molecule has 2 aliphatic heterocycles. The van der Waals surface area contributed by atoms with Gasteiger partial charge in [-0.3, -0.25) is 19.2 Å². The monoisotopic (exact) mass is 638 g/mol. The molecule has 0 saturated carbocycles. The number of anilines is 2. The van der Waals surface area contributed by atoms with E-state index in [1.807, 2.05) is 0 Å². The first kappa shape index (κ1) is 31.0. The first-order chi connectivity index (χ1) is 22.3. The third kappa shape index (κ3) is 5.79. The highest BCUT2D eigenvalue weighted by Gasteiger charge is 2.53. The normalized spacial score (nSPS) is 16.1. The van der Waals surface area contributed by atoms with Gasteiger partial charge in [-0.1, -0.05) is 24.3 Å². The number of amides is 4. The van der Waals surface area contributed by atoms with Crippen molar-refractivity contribution in [3.8, 4) is 23.0 Å². The van der Waals surface area contributed by atoms with Gasteiger partial charge in [0, 0.05) is 23.8 Å². The lowest BCUT2D eigenvalue weighted by molar-refractivity contribution is -0.173. The number of halogens is 3. The van der Waals surface area contributed by atoms with Crippen LogP contribution in [0.1, 0.15) is 25.0 Å². The van der Waals surface area contributed by atoms with Gasteiger partial charge >= 0.3 is 6.18 Å². The molecule has 0 spiro atoms. The molecule has 0 aliphatic carbocycles. The lowest BCUT2D eigenvalue weighted by atomic mass is 9.75. The van der Waals surface area contributed by atoms with Gasteiger partial charge < -0.3 is 9.47 Å². The Morgan fingerprint density at radius 3 is 1.23 bits per heavy atom. The molecule has 1 atom stereocenters. The van der Waals surface area contributed by atoms with Crippen LogP contribution in [-0.2, 0) is 24.6 Å². The fraction of sp³-hybridized carbons (Fsp3) is 0.111. The topological polar surface area (TPSA) is 93.2 Å². The van der Waals surface area contributed by atoms with Crippen LogP contribution in [0.25, 0.3) is 0 Å². The summed E-state index contributed by atoms with van der Waals surface area (Å²) in [5, 5.41) is 0. The Bertz CT molecular complexity index is 1930. The zero-order valence-electron chi connectivity index (χ0n) is 24.9. The maximum atomic E-state index is 14.7. The maximum Gasteiger partial charge on any atom is 0.402 e. The van der Waals surface area contributed by atoms with Crippen molar-refractivity contribution in [2.45, 2.75) is 25.4 Å². The summed E-state index contributed by atoms with van der Waals surface area (Å²) >= 11 is 0. The molecule has 0 N–H and O–H groups in total. The highest BCUT2D eigenvalue weighted by atomic mass is 19.4. The molecule has 8 nitrogen and oxygen atoms in total. The molecule has 4 aromatic carbocycles. The standard InChI is InChI=1S/C36H25F3N2O6/c1-22-21-33(44)41(34(22)45)26-9-17-30(18-10-26)47-28-13-5-24(6-14-28)35(2,36(37,38)39)23-3-11-27(12-4-23)46-29-15-7-25(8-16-29)40-31(42)19-20-32(40)43/h3-21H,1-2H3. The predicted molar refractivity (Wildman–Crippen MR) is 166 cm³/mol. The van der Waals surface area contributed by atoms with E-state index in [1.165, 1.54) is 78.9 Å². The van der Waals surface area contributed by atoms with Crippen LogP contribution in [0.5, 0.6) is 23.0 Å². The Hall–Kier alpha value is -5.97. The van der Waals surface area contributed by atoms with E-state index in [1.54, 1.807) is 43.3 Å². The smallest absolute Gasteiger partial charge is 0.402 e. The van der Waals surface area contributed by atoms with Crippen molar-refractivity contribution in [2.24, 2.45) is 0 Å². The van der Waals surface area contributed by atoms with E-state index in [0.717, 1.165) is 16.7 Å². The van der Waals surface area contributed by atoms with E-state index in [9.17, 15) is 32.3 Å². The Balaban J connectivity index is 1.15. The summed E-state index contributed by atoms with van der Waals surface area (Å²) in [6.07, 6.45) is -1.04. The zero-order valence-corrected chi connectivity index (χ0v) is 24.9. The zero-order chi connectivity index (χ0) is 33.5. The van der Waals surface area contributed by atoms with Gasteiger partial charge in [-0.2, -0.15) is 13.2 Å². The largest absolute Gasteiger partial charge is 0.457 e. The number of nitrogens with zero attached hydrogens (tertiary/aromatic N) is 2. The first-order valence-corrected chi connectivity index (χ1v) is 14.3. The summed E-state index contributed by atoms with van der Waals surface area (Å²) in [5.74, 6) is -0.442. The van der Waals surface area contributed by atoms with Gasteiger partial charge in [-0.15, -0.1) is 0 Å². The van der Waals surface area contributed by atoms with E-state index >= 15 is 0 Å². The first-order valence-electron chi connectivity index (χ1n) is 14.3. The molecule has 0 radical (unpaired) electrons. The fourth-order valence-corrected chi connectivity index (χ4v) is 5.29. The van der Waals surface area contributed by atoms with Crippen LogP contribution in [0.3, 0.4) is 0 Å². The lowest BCUT2D eigenvalue weighted by Gasteiger charge is -2.33. The van der Waals surface area contributed by atoms with E-state index in [2.05, 4.69) is 0 Å². The summed E-state index contributed by atoms with van der Waals surface area (Å²) in [7, 11) is 0. The van der Waals surface area contributed by atoms with Crippen molar-refractivity contribution >= 4 is 35.0 Å². The second kappa shape index (κ2) is 11.8. The lowest BCUT2D eigenvalue weighted by Crippen LogP contribution is -2.40. The van der Waals surface area contributed by atoms with Crippen LogP contribution in [0.15, 0.2) is 121 Å². The number of rotatable bonds is 8. The molecule has 0 fully saturated rings. The van der Waals surface area contributed by atoms with Crippen molar-refractivity contribution in [1.29, 1.82) is 0 Å². The van der Waals surface area contributed by atoms with Crippen molar-refractivity contribution in [3.05, 3.63) is 132 Å². The number of carbonyl (C=O) groups excluding carboxylic acids is 4. The molecule has 6 rings (SSSR count). The van der Waals surface area contributed by atoms with Gasteiger partial charge in [-0.25, -0.2) is 9.80 Å². The van der Waals surface area contributed by atoms with E-state index < -0.39 is 35.2 Å². The Labute approximate surface area is 266 Å². The molecule has 47 heavy (non-hydrogen) atoms. The minimum Gasteiger partial charge on any atom is -0.457 e. The van der Waals surface area contributed by atoms with Crippen molar-refractivity contribution in [1.82, 2.24) is 0 Å². The molecule has 1 unspecified atom stereocenters. The molecule has 236 valence electrons. The quantitative estimate of drug-likeness (QED) is 0.187. The second-order valence-corrected chi connectivity index (χ2v) is 11.0. The van der Waals surface area contributed by atoms with E-state index in [0.29, 0.717) is 39.9 Å². The van der Waals surface area contributed by atoms with Crippen molar-refractivity contribution < 1.29 is 41.8 Å². The van der Waals surface area contributed by atoms with Gasteiger partial charge in [0.15, 0.2) is 0 Å².